The van der Waals surface area contributed by atoms with Crippen LogP contribution in [0.4, 0.5) is 5.82 Å². The van der Waals surface area contributed by atoms with Crippen LogP contribution in [0.15, 0.2) is 18.3 Å². The average Bonchev–Trinajstić information content (AvgIpc) is 2.47. The van der Waals surface area contributed by atoms with Gasteiger partial charge >= 0.3 is 5.97 Å². The van der Waals surface area contributed by atoms with E-state index in [1.165, 1.54) is 7.11 Å². The predicted molar refractivity (Wildman–Crippen MR) is 72.4 cm³/mol. The third-order valence-electron chi connectivity index (χ3n) is 3.30. The monoisotopic (exact) mass is 264 g/mol. The molecule has 1 aliphatic heterocycles. The summed E-state index contributed by atoms with van der Waals surface area (Å²) in [5.41, 5.74) is 0. The van der Waals surface area contributed by atoms with E-state index in [9.17, 15) is 4.79 Å². The molecule has 0 N–H and O–H groups in total. The lowest BCUT2D eigenvalue weighted by atomic mass is 10.0. The first-order chi connectivity index (χ1) is 9.27. The Hall–Kier alpha value is -1.78. The number of hydrogen-bond acceptors (Lipinski definition) is 5. The van der Waals surface area contributed by atoms with Gasteiger partial charge in [0.15, 0.2) is 11.6 Å². The summed E-state index contributed by atoms with van der Waals surface area (Å²) in [6.45, 7) is 3.32. The fraction of sp³-hybridized carbons (Fsp3) is 0.571. The number of piperidine rings is 1. The van der Waals surface area contributed by atoms with Gasteiger partial charge in [0.2, 0.25) is 0 Å². The minimum Gasteiger partial charge on any atom is -0.490 e. The lowest BCUT2D eigenvalue weighted by Crippen LogP contribution is -2.46. The second kappa shape index (κ2) is 6.41. The molecule has 1 aliphatic rings. The van der Waals surface area contributed by atoms with Crippen LogP contribution in [0.5, 0.6) is 5.75 Å². The molecule has 1 saturated heterocycles. The molecule has 5 heteroatoms. The molecular weight excluding hydrogens is 244 g/mol. The van der Waals surface area contributed by atoms with Gasteiger partial charge in [-0.3, -0.25) is 0 Å². The normalized spacial score (nSPS) is 19.1. The van der Waals surface area contributed by atoms with Gasteiger partial charge < -0.3 is 14.4 Å². The van der Waals surface area contributed by atoms with Crippen molar-refractivity contribution in [2.24, 2.45) is 0 Å². The molecule has 2 rings (SSSR count). The van der Waals surface area contributed by atoms with Crippen molar-refractivity contribution >= 4 is 11.8 Å². The molecule has 0 aromatic carbocycles. The highest BCUT2D eigenvalue weighted by atomic mass is 16.5. The molecule has 1 aromatic heterocycles. The predicted octanol–water partition coefficient (Wildman–Crippen LogP) is 2.01. The maximum absolute atomic E-state index is 11.9. The van der Waals surface area contributed by atoms with Gasteiger partial charge in [-0.25, -0.2) is 9.78 Å². The Morgan fingerprint density at radius 2 is 2.37 bits per heavy atom. The van der Waals surface area contributed by atoms with E-state index in [0.29, 0.717) is 6.61 Å². The molecule has 0 bridgehead atoms. The van der Waals surface area contributed by atoms with E-state index in [1.54, 1.807) is 6.20 Å². The number of carbonyl (C=O) groups is 1. The zero-order chi connectivity index (χ0) is 13.7. The SMILES string of the molecule is CCOc1cccnc1N1CCCCC1C(=O)OC. The molecule has 1 atom stereocenters. The number of pyridine rings is 1. The highest BCUT2D eigenvalue weighted by molar-refractivity contribution is 5.80. The minimum absolute atomic E-state index is 0.201. The lowest BCUT2D eigenvalue weighted by Gasteiger charge is -2.35. The number of anilines is 1. The molecule has 104 valence electrons. The van der Waals surface area contributed by atoms with Gasteiger partial charge in [0, 0.05) is 12.7 Å². The molecule has 19 heavy (non-hydrogen) atoms. The Balaban J connectivity index is 2.29. The summed E-state index contributed by atoms with van der Waals surface area (Å²) < 4.78 is 10.5. The molecule has 0 radical (unpaired) electrons. The Labute approximate surface area is 113 Å². The van der Waals surface area contributed by atoms with Crippen molar-refractivity contribution in [2.45, 2.75) is 32.2 Å². The molecule has 2 heterocycles. The van der Waals surface area contributed by atoms with Crippen molar-refractivity contribution in [3.8, 4) is 5.75 Å². The van der Waals surface area contributed by atoms with Gasteiger partial charge in [0.25, 0.3) is 0 Å². The number of nitrogens with zero attached hydrogens (tertiary/aromatic N) is 2. The number of carbonyl (C=O) groups excluding carboxylic acids is 1. The molecule has 5 nitrogen and oxygen atoms in total. The smallest absolute Gasteiger partial charge is 0.328 e. The first-order valence-corrected chi connectivity index (χ1v) is 6.70. The van der Waals surface area contributed by atoms with E-state index in [-0.39, 0.29) is 12.0 Å². The molecule has 0 spiro atoms. The lowest BCUT2D eigenvalue weighted by molar-refractivity contribution is -0.142. The van der Waals surface area contributed by atoms with Crippen LogP contribution in [0.25, 0.3) is 0 Å². The quantitative estimate of drug-likeness (QED) is 0.779. The summed E-state index contributed by atoms with van der Waals surface area (Å²) in [6.07, 6.45) is 4.61. The number of hydrogen-bond donors (Lipinski definition) is 0. The third-order valence-corrected chi connectivity index (χ3v) is 3.30. The highest BCUT2D eigenvalue weighted by Crippen LogP contribution is 2.31. The van der Waals surface area contributed by atoms with E-state index in [1.807, 2.05) is 24.0 Å². The Bertz CT molecular complexity index is 436. The zero-order valence-electron chi connectivity index (χ0n) is 11.5. The summed E-state index contributed by atoms with van der Waals surface area (Å²) >= 11 is 0. The van der Waals surface area contributed by atoms with Crippen molar-refractivity contribution < 1.29 is 14.3 Å². The molecule has 1 unspecified atom stereocenters. The summed E-state index contributed by atoms with van der Waals surface area (Å²) in [4.78, 5) is 18.3. The van der Waals surface area contributed by atoms with Crippen LogP contribution in [0.1, 0.15) is 26.2 Å². The first kappa shape index (κ1) is 13.6. The maximum atomic E-state index is 11.9. The van der Waals surface area contributed by atoms with Gasteiger partial charge in [-0.2, -0.15) is 0 Å². The molecule has 0 aliphatic carbocycles. The van der Waals surface area contributed by atoms with E-state index < -0.39 is 0 Å². The summed E-state index contributed by atoms with van der Waals surface area (Å²) in [6, 6.07) is 3.47. The molecule has 1 fully saturated rings. The third kappa shape index (κ3) is 2.97. The van der Waals surface area contributed by atoms with Gasteiger partial charge in [-0.1, -0.05) is 0 Å². The fourth-order valence-corrected chi connectivity index (χ4v) is 2.43. The van der Waals surface area contributed by atoms with Crippen LogP contribution in [0.2, 0.25) is 0 Å². The Morgan fingerprint density at radius 3 is 3.11 bits per heavy atom. The Morgan fingerprint density at radius 1 is 1.53 bits per heavy atom. The highest BCUT2D eigenvalue weighted by Gasteiger charge is 2.31. The van der Waals surface area contributed by atoms with E-state index in [0.717, 1.165) is 37.4 Å². The van der Waals surface area contributed by atoms with Crippen molar-refractivity contribution in [1.82, 2.24) is 4.98 Å². The number of ether oxygens (including phenoxy) is 2. The van der Waals surface area contributed by atoms with Crippen LogP contribution in [0.3, 0.4) is 0 Å². The summed E-state index contributed by atoms with van der Waals surface area (Å²) in [5, 5.41) is 0. The van der Waals surface area contributed by atoms with Gasteiger partial charge in [-0.15, -0.1) is 0 Å². The second-order valence-corrected chi connectivity index (χ2v) is 4.49. The number of rotatable bonds is 4. The van der Waals surface area contributed by atoms with Crippen LogP contribution in [-0.4, -0.2) is 37.3 Å². The first-order valence-electron chi connectivity index (χ1n) is 6.70. The summed E-state index contributed by atoms with van der Waals surface area (Å²) in [7, 11) is 1.43. The van der Waals surface area contributed by atoms with E-state index >= 15 is 0 Å². The molecular formula is C14H20N2O3. The van der Waals surface area contributed by atoms with Crippen molar-refractivity contribution in [3.63, 3.8) is 0 Å². The van der Waals surface area contributed by atoms with Crippen LogP contribution < -0.4 is 9.64 Å². The van der Waals surface area contributed by atoms with Gasteiger partial charge in [-0.05, 0) is 38.3 Å². The minimum atomic E-state index is -0.257. The van der Waals surface area contributed by atoms with E-state index in [4.69, 9.17) is 9.47 Å². The Kier molecular flexibility index (Phi) is 4.60. The fourth-order valence-electron chi connectivity index (χ4n) is 2.43. The van der Waals surface area contributed by atoms with Gasteiger partial charge in [0.05, 0.1) is 13.7 Å². The van der Waals surface area contributed by atoms with Crippen LogP contribution >= 0.6 is 0 Å². The maximum Gasteiger partial charge on any atom is 0.328 e. The van der Waals surface area contributed by atoms with Crippen molar-refractivity contribution in [3.05, 3.63) is 18.3 Å². The van der Waals surface area contributed by atoms with Crippen molar-refractivity contribution in [1.29, 1.82) is 0 Å². The number of methoxy groups -OCH3 is 1. The summed E-state index contributed by atoms with van der Waals surface area (Å²) in [5.74, 6) is 1.26. The largest absolute Gasteiger partial charge is 0.490 e. The standard InChI is InChI=1S/C14H20N2O3/c1-3-19-12-8-6-9-15-13(12)16-10-5-4-7-11(16)14(17)18-2/h6,8-9,11H,3-5,7,10H2,1-2H3. The van der Waals surface area contributed by atoms with Crippen molar-refractivity contribution in [2.75, 3.05) is 25.2 Å². The van der Waals surface area contributed by atoms with E-state index in [2.05, 4.69) is 4.98 Å². The van der Waals surface area contributed by atoms with Gasteiger partial charge in [0.1, 0.15) is 6.04 Å². The number of esters is 1. The van der Waals surface area contributed by atoms with Crippen LogP contribution in [-0.2, 0) is 9.53 Å². The molecule has 1 aromatic rings. The average molecular weight is 264 g/mol. The topological polar surface area (TPSA) is 51.7 Å². The number of aromatic nitrogens is 1. The zero-order valence-corrected chi connectivity index (χ0v) is 11.5. The molecule has 0 amide bonds. The molecule has 0 saturated carbocycles. The van der Waals surface area contributed by atoms with Crippen LogP contribution in [0, 0.1) is 0 Å². The second-order valence-electron chi connectivity index (χ2n) is 4.49.